The summed E-state index contributed by atoms with van der Waals surface area (Å²) >= 11 is 0. The molecule has 1 rings (SSSR count). The van der Waals surface area contributed by atoms with Crippen LogP contribution in [0.1, 0.15) is 47.1 Å². The average Bonchev–Trinajstić information content (AvgIpc) is 2.34. The molecule has 0 aliphatic carbocycles. The zero-order valence-corrected chi connectivity index (χ0v) is 19.7. The Labute approximate surface area is 156 Å². The maximum absolute atomic E-state index is 9.91. The first-order valence-corrected chi connectivity index (χ1v) is 14.7. The van der Waals surface area contributed by atoms with Crippen molar-refractivity contribution in [2.75, 3.05) is 0 Å². The highest BCUT2D eigenvalue weighted by molar-refractivity contribution is 6.75. The molecule has 0 aliphatic rings. The van der Waals surface area contributed by atoms with E-state index in [9.17, 15) is 5.11 Å². The second kappa shape index (κ2) is 6.84. The molecule has 142 valence electrons. The van der Waals surface area contributed by atoms with Crippen LogP contribution in [-0.4, -0.2) is 21.7 Å². The number of aliphatic hydroxyl groups is 1. The van der Waals surface area contributed by atoms with E-state index in [1.165, 1.54) is 0 Å². The molecule has 1 N–H and O–H groups in total. The molecule has 0 bridgehead atoms. The molecular formula is C20H36O3Si2. The van der Waals surface area contributed by atoms with Gasteiger partial charge in [-0.05, 0) is 48.4 Å². The van der Waals surface area contributed by atoms with Gasteiger partial charge in [-0.25, -0.2) is 0 Å². The van der Waals surface area contributed by atoms with Crippen molar-refractivity contribution in [1.82, 2.24) is 0 Å². The van der Waals surface area contributed by atoms with Crippen LogP contribution in [0.3, 0.4) is 0 Å². The summed E-state index contributed by atoms with van der Waals surface area (Å²) in [6.07, 6.45) is 0. The van der Waals surface area contributed by atoms with Gasteiger partial charge in [0.25, 0.3) is 0 Å². The van der Waals surface area contributed by atoms with E-state index >= 15 is 0 Å². The predicted molar refractivity (Wildman–Crippen MR) is 114 cm³/mol. The van der Waals surface area contributed by atoms with E-state index in [4.69, 9.17) is 8.85 Å². The molecule has 0 heterocycles. The molecule has 0 aromatic heterocycles. The molecule has 0 atom stereocenters. The number of hydrogen-bond acceptors (Lipinski definition) is 3. The molecule has 25 heavy (non-hydrogen) atoms. The normalized spacial score (nSPS) is 13.5. The minimum atomic E-state index is -1.98. The Kier molecular flexibility index (Phi) is 5.97. The van der Waals surface area contributed by atoms with E-state index in [2.05, 4.69) is 74.3 Å². The third-order valence-electron chi connectivity index (χ3n) is 5.57. The van der Waals surface area contributed by atoms with Crippen molar-refractivity contribution in [3.63, 3.8) is 0 Å². The van der Waals surface area contributed by atoms with E-state index in [0.717, 1.165) is 11.5 Å². The fourth-order valence-corrected chi connectivity index (χ4v) is 3.78. The monoisotopic (exact) mass is 380 g/mol. The third kappa shape index (κ3) is 5.38. The Morgan fingerprint density at radius 2 is 1.12 bits per heavy atom. The van der Waals surface area contributed by atoms with Crippen LogP contribution in [0.5, 0.6) is 11.5 Å². The van der Waals surface area contributed by atoms with Crippen molar-refractivity contribution < 1.29 is 14.0 Å². The van der Waals surface area contributed by atoms with Crippen LogP contribution in [0, 0.1) is 0 Å². The highest BCUT2D eigenvalue weighted by Crippen LogP contribution is 2.41. The van der Waals surface area contributed by atoms with Crippen LogP contribution in [0.25, 0.3) is 5.76 Å². The van der Waals surface area contributed by atoms with Gasteiger partial charge in [0, 0.05) is 11.6 Å². The summed E-state index contributed by atoms with van der Waals surface area (Å²) in [4.78, 5) is 0. The van der Waals surface area contributed by atoms with E-state index < -0.39 is 16.6 Å². The smallest absolute Gasteiger partial charge is 0.250 e. The Morgan fingerprint density at radius 1 is 0.800 bits per heavy atom. The molecule has 0 saturated heterocycles. The lowest BCUT2D eigenvalue weighted by Crippen LogP contribution is -2.44. The van der Waals surface area contributed by atoms with Gasteiger partial charge in [0.05, 0.1) is 0 Å². The maximum atomic E-state index is 9.91. The molecule has 0 unspecified atom stereocenters. The summed E-state index contributed by atoms with van der Waals surface area (Å²) in [5.41, 5.74) is 0.643. The number of rotatable bonds is 5. The second-order valence-corrected chi connectivity index (χ2v) is 19.3. The van der Waals surface area contributed by atoms with Crippen LogP contribution >= 0.6 is 0 Å². The molecule has 0 aliphatic heterocycles. The van der Waals surface area contributed by atoms with Crippen molar-refractivity contribution in [2.24, 2.45) is 0 Å². The van der Waals surface area contributed by atoms with Crippen molar-refractivity contribution in [1.29, 1.82) is 0 Å². The average molecular weight is 381 g/mol. The molecule has 5 heteroatoms. The predicted octanol–water partition coefficient (Wildman–Crippen LogP) is 6.98. The fourth-order valence-electron chi connectivity index (χ4n) is 1.75. The zero-order valence-electron chi connectivity index (χ0n) is 17.7. The standard InChI is InChI=1S/C20H36O3Si2/c1-15(21)16-12-17(22-24(8,9)19(2,3)4)14-18(13-16)23-25(10,11)20(5,6)7/h12-14,21H,1H2,2-11H3. The number of benzene rings is 1. The Morgan fingerprint density at radius 3 is 1.36 bits per heavy atom. The van der Waals surface area contributed by atoms with Crippen LogP contribution in [0.2, 0.25) is 36.3 Å². The maximum Gasteiger partial charge on any atom is 0.250 e. The molecule has 0 saturated carbocycles. The Bertz CT molecular complexity index is 589. The first-order valence-electron chi connectivity index (χ1n) is 8.88. The molecule has 0 spiro atoms. The highest BCUT2D eigenvalue weighted by Gasteiger charge is 2.40. The van der Waals surface area contributed by atoms with Crippen LogP contribution in [-0.2, 0) is 0 Å². The first-order chi connectivity index (χ1) is 11.0. The van der Waals surface area contributed by atoms with Crippen LogP contribution < -0.4 is 8.85 Å². The lowest BCUT2D eigenvalue weighted by molar-refractivity contribution is 0.471. The van der Waals surface area contributed by atoms with Gasteiger partial charge in [-0.2, -0.15) is 0 Å². The Balaban J connectivity index is 3.30. The zero-order chi connectivity index (χ0) is 19.8. The molecule has 0 fully saturated rings. The summed E-state index contributed by atoms with van der Waals surface area (Å²) in [6, 6.07) is 5.65. The SMILES string of the molecule is C=C(O)c1cc(O[Si](C)(C)C(C)(C)C)cc(O[Si](C)(C)C(C)(C)C)c1. The van der Waals surface area contributed by atoms with Gasteiger partial charge in [0.15, 0.2) is 0 Å². The summed E-state index contributed by atoms with van der Waals surface area (Å²) in [5.74, 6) is 1.52. The van der Waals surface area contributed by atoms with E-state index in [1.54, 1.807) is 0 Å². The van der Waals surface area contributed by atoms with Crippen molar-refractivity contribution in [3.8, 4) is 11.5 Å². The lowest BCUT2D eigenvalue weighted by Gasteiger charge is -2.38. The topological polar surface area (TPSA) is 38.7 Å². The molecule has 0 radical (unpaired) electrons. The van der Waals surface area contributed by atoms with Crippen molar-refractivity contribution >= 4 is 22.4 Å². The molecule has 3 nitrogen and oxygen atoms in total. The largest absolute Gasteiger partial charge is 0.543 e. The van der Waals surface area contributed by atoms with Crippen LogP contribution in [0.15, 0.2) is 24.8 Å². The van der Waals surface area contributed by atoms with E-state index in [0.29, 0.717) is 5.56 Å². The van der Waals surface area contributed by atoms with Gasteiger partial charge in [-0.15, -0.1) is 0 Å². The van der Waals surface area contributed by atoms with Crippen LogP contribution in [0.4, 0.5) is 0 Å². The summed E-state index contributed by atoms with van der Waals surface area (Å²) in [7, 11) is -3.95. The summed E-state index contributed by atoms with van der Waals surface area (Å²) in [5, 5.41) is 10.1. The molecule has 1 aromatic rings. The van der Waals surface area contributed by atoms with Gasteiger partial charge in [0.1, 0.15) is 17.3 Å². The van der Waals surface area contributed by atoms with Crippen molar-refractivity contribution in [3.05, 3.63) is 30.3 Å². The fraction of sp³-hybridized carbons (Fsp3) is 0.600. The van der Waals surface area contributed by atoms with Gasteiger partial charge < -0.3 is 14.0 Å². The van der Waals surface area contributed by atoms with E-state index in [-0.39, 0.29) is 15.8 Å². The van der Waals surface area contributed by atoms with E-state index in [1.807, 2.05) is 18.2 Å². The van der Waals surface area contributed by atoms with Gasteiger partial charge >= 0.3 is 0 Å². The van der Waals surface area contributed by atoms with Crippen molar-refractivity contribution in [2.45, 2.75) is 77.8 Å². The Hall–Kier alpha value is -1.21. The number of aliphatic hydroxyl groups excluding tert-OH is 1. The highest BCUT2D eigenvalue weighted by atomic mass is 28.4. The minimum Gasteiger partial charge on any atom is -0.543 e. The van der Waals surface area contributed by atoms with Gasteiger partial charge in [-0.3, -0.25) is 0 Å². The first kappa shape index (κ1) is 21.8. The van der Waals surface area contributed by atoms with Gasteiger partial charge in [-0.1, -0.05) is 48.1 Å². The van der Waals surface area contributed by atoms with Gasteiger partial charge in [0.2, 0.25) is 16.6 Å². The molecule has 1 aromatic carbocycles. The number of hydrogen-bond donors (Lipinski definition) is 1. The summed E-state index contributed by atoms with van der Waals surface area (Å²) in [6.45, 7) is 25.8. The third-order valence-corrected chi connectivity index (χ3v) is 14.3. The molecular weight excluding hydrogens is 344 g/mol. The minimum absolute atomic E-state index is 0.0285. The molecule has 0 amide bonds. The summed E-state index contributed by atoms with van der Waals surface area (Å²) < 4.78 is 12.8. The lowest BCUT2D eigenvalue weighted by atomic mass is 10.2. The quantitative estimate of drug-likeness (QED) is 0.442. The second-order valence-electron chi connectivity index (χ2n) is 9.86.